The molecule has 0 bridgehead atoms. The van der Waals surface area contributed by atoms with Gasteiger partial charge in [0.05, 0.1) is 13.0 Å². The molecule has 0 heterocycles. The first kappa shape index (κ1) is 15.8. The van der Waals surface area contributed by atoms with Crippen LogP contribution in [0.3, 0.4) is 0 Å². The van der Waals surface area contributed by atoms with Gasteiger partial charge in [0.15, 0.2) is 0 Å². The lowest BCUT2D eigenvalue weighted by atomic mass is 10.2. The van der Waals surface area contributed by atoms with Crippen molar-refractivity contribution in [2.45, 2.75) is 26.2 Å². The third-order valence-corrected chi connectivity index (χ3v) is 2.65. The zero-order valence-electron chi connectivity index (χ0n) is 11.6. The van der Waals surface area contributed by atoms with Crippen LogP contribution < -0.4 is 15.8 Å². The highest BCUT2D eigenvalue weighted by atomic mass is 16.5. The van der Waals surface area contributed by atoms with Crippen molar-refractivity contribution in [2.24, 2.45) is 10.9 Å². The highest BCUT2D eigenvalue weighted by Gasteiger charge is 2.02. The lowest BCUT2D eigenvalue weighted by Gasteiger charge is -2.07. The van der Waals surface area contributed by atoms with Gasteiger partial charge in [0.2, 0.25) is 5.91 Å². The third-order valence-electron chi connectivity index (χ3n) is 2.65. The molecular weight excluding hydrogens is 258 g/mol. The fourth-order valence-electron chi connectivity index (χ4n) is 1.60. The number of carbonyl (C=O) groups is 1. The zero-order chi connectivity index (χ0) is 14.8. The molecule has 0 saturated carbocycles. The maximum atomic E-state index is 11.5. The van der Waals surface area contributed by atoms with Crippen LogP contribution >= 0.6 is 0 Å². The topological polar surface area (TPSA) is 96.9 Å². The molecule has 0 aromatic heterocycles. The summed E-state index contributed by atoms with van der Waals surface area (Å²) in [4.78, 5) is 11.5. The molecule has 4 N–H and O–H groups in total. The Balaban J connectivity index is 2.11. The van der Waals surface area contributed by atoms with Gasteiger partial charge in [-0.1, -0.05) is 17.3 Å². The van der Waals surface area contributed by atoms with Gasteiger partial charge in [-0.05, 0) is 31.0 Å². The van der Waals surface area contributed by atoms with Gasteiger partial charge in [-0.15, -0.1) is 0 Å². The number of amidine groups is 1. The Morgan fingerprint density at radius 2 is 2.25 bits per heavy atom. The molecule has 0 aliphatic carbocycles. The molecule has 0 saturated heterocycles. The summed E-state index contributed by atoms with van der Waals surface area (Å²) >= 11 is 0. The smallest absolute Gasteiger partial charge is 0.223 e. The van der Waals surface area contributed by atoms with Gasteiger partial charge in [-0.3, -0.25) is 4.79 Å². The van der Waals surface area contributed by atoms with Crippen molar-refractivity contribution in [2.75, 3.05) is 13.2 Å². The minimum atomic E-state index is -0.0721. The molecule has 0 radical (unpaired) electrons. The summed E-state index contributed by atoms with van der Waals surface area (Å²) in [6.07, 6.45) is 1.40. The summed E-state index contributed by atoms with van der Waals surface area (Å²) in [5.41, 5.74) is 6.43. The highest BCUT2D eigenvalue weighted by molar-refractivity contribution is 5.79. The van der Waals surface area contributed by atoms with Crippen LogP contribution in [0.15, 0.2) is 29.4 Å². The van der Waals surface area contributed by atoms with E-state index in [9.17, 15) is 4.79 Å². The lowest BCUT2D eigenvalue weighted by Crippen LogP contribution is -2.26. The van der Waals surface area contributed by atoms with Crippen LogP contribution in [0.1, 0.15) is 24.8 Å². The van der Waals surface area contributed by atoms with Crippen molar-refractivity contribution in [3.05, 3.63) is 29.8 Å². The molecule has 0 spiro atoms. The van der Waals surface area contributed by atoms with Crippen molar-refractivity contribution in [3.63, 3.8) is 0 Å². The number of benzene rings is 1. The number of ether oxygens (including phenoxy) is 1. The molecule has 0 unspecified atom stereocenters. The molecule has 1 amide bonds. The Morgan fingerprint density at radius 1 is 1.45 bits per heavy atom. The Kier molecular flexibility index (Phi) is 6.95. The molecule has 0 atom stereocenters. The van der Waals surface area contributed by atoms with E-state index < -0.39 is 0 Å². The second-order valence-electron chi connectivity index (χ2n) is 4.46. The van der Waals surface area contributed by atoms with Gasteiger partial charge in [0.1, 0.15) is 11.6 Å². The summed E-state index contributed by atoms with van der Waals surface area (Å²) in [6.45, 7) is 2.83. The van der Waals surface area contributed by atoms with Gasteiger partial charge in [0, 0.05) is 13.0 Å². The van der Waals surface area contributed by atoms with Gasteiger partial charge in [0.25, 0.3) is 0 Å². The molecule has 20 heavy (non-hydrogen) atoms. The van der Waals surface area contributed by atoms with E-state index in [1.54, 1.807) is 0 Å². The molecule has 0 aliphatic rings. The number of amides is 1. The molecule has 0 aliphatic heterocycles. The van der Waals surface area contributed by atoms with Gasteiger partial charge >= 0.3 is 0 Å². The van der Waals surface area contributed by atoms with Crippen molar-refractivity contribution >= 4 is 11.7 Å². The van der Waals surface area contributed by atoms with E-state index in [1.165, 1.54) is 0 Å². The SMILES string of the molecule is Cc1cccc(OCCC(=O)NCCCC(N)=NO)c1. The number of hydrogen-bond donors (Lipinski definition) is 3. The minimum Gasteiger partial charge on any atom is -0.493 e. The monoisotopic (exact) mass is 279 g/mol. The standard InChI is InChI=1S/C14H21N3O3/c1-11-4-2-5-12(10-11)20-9-7-14(18)16-8-3-6-13(15)17-19/h2,4-5,10,19H,3,6-9H2,1H3,(H2,15,17)(H,16,18). The molecule has 110 valence electrons. The summed E-state index contributed by atoms with van der Waals surface area (Å²) in [6, 6.07) is 7.69. The fourth-order valence-corrected chi connectivity index (χ4v) is 1.60. The van der Waals surface area contributed by atoms with E-state index in [0.29, 0.717) is 32.4 Å². The van der Waals surface area contributed by atoms with Crippen LogP contribution in [0.5, 0.6) is 5.75 Å². The van der Waals surface area contributed by atoms with Crippen molar-refractivity contribution in [1.29, 1.82) is 0 Å². The van der Waals surface area contributed by atoms with E-state index >= 15 is 0 Å². The van der Waals surface area contributed by atoms with E-state index in [-0.39, 0.29) is 11.7 Å². The number of nitrogens with one attached hydrogen (secondary N) is 1. The average Bonchev–Trinajstić information content (AvgIpc) is 2.43. The molecule has 1 aromatic rings. The summed E-state index contributed by atoms with van der Waals surface area (Å²) < 4.78 is 5.49. The number of hydrogen-bond acceptors (Lipinski definition) is 4. The number of rotatable bonds is 8. The maximum Gasteiger partial charge on any atom is 0.223 e. The van der Waals surface area contributed by atoms with Gasteiger partial charge < -0.3 is 21.0 Å². The molecule has 6 heteroatoms. The first-order chi connectivity index (χ1) is 9.61. The largest absolute Gasteiger partial charge is 0.493 e. The fraction of sp³-hybridized carbons (Fsp3) is 0.429. The van der Waals surface area contributed by atoms with Crippen molar-refractivity contribution in [1.82, 2.24) is 5.32 Å². The first-order valence-electron chi connectivity index (χ1n) is 6.54. The van der Waals surface area contributed by atoms with Crippen LogP contribution in [-0.4, -0.2) is 30.1 Å². The van der Waals surface area contributed by atoms with Crippen LogP contribution in [0, 0.1) is 6.92 Å². The van der Waals surface area contributed by atoms with E-state index in [1.807, 2.05) is 31.2 Å². The summed E-state index contributed by atoms with van der Waals surface area (Å²) in [7, 11) is 0. The second kappa shape index (κ2) is 8.79. The highest BCUT2D eigenvalue weighted by Crippen LogP contribution is 2.12. The Labute approximate surface area is 118 Å². The normalized spacial score (nSPS) is 11.2. The molecular formula is C14H21N3O3. The zero-order valence-corrected chi connectivity index (χ0v) is 11.6. The van der Waals surface area contributed by atoms with Crippen molar-refractivity contribution < 1.29 is 14.7 Å². The Hall–Kier alpha value is -2.24. The predicted molar refractivity (Wildman–Crippen MR) is 76.9 cm³/mol. The van der Waals surface area contributed by atoms with Gasteiger partial charge in [-0.25, -0.2) is 0 Å². The second-order valence-corrected chi connectivity index (χ2v) is 4.46. The molecule has 1 rings (SSSR count). The molecule has 0 fully saturated rings. The number of nitrogens with two attached hydrogens (primary N) is 1. The summed E-state index contributed by atoms with van der Waals surface area (Å²) in [5.74, 6) is 0.865. The Bertz CT molecular complexity index is 461. The van der Waals surface area contributed by atoms with Gasteiger partial charge in [-0.2, -0.15) is 0 Å². The lowest BCUT2D eigenvalue weighted by molar-refractivity contribution is -0.121. The minimum absolute atomic E-state index is 0.0721. The quantitative estimate of drug-likeness (QED) is 0.220. The molecule has 1 aromatic carbocycles. The third kappa shape index (κ3) is 6.63. The average molecular weight is 279 g/mol. The number of nitrogens with zero attached hydrogens (tertiary/aromatic N) is 1. The number of oxime groups is 1. The van der Waals surface area contributed by atoms with Crippen LogP contribution in [0.25, 0.3) is 0 Å². The summed E-state index contributed by atoms with van der Waals surface area (Å²) in [5, 5.41) is 14.0. The number of carbonyl (C=O) groups excluding carboxylic acids is 1. The maximum absolute atomic E-state index is 11.5. The predicted octanol–water partition coefficient (Wildman–Crippen LogP) is 1.41. The molecule has 6 nitrogen and oxygen atoms in total. The van der Waals surface area contributed by atoms with Crippen LogP contribution in [0.2, 0.25) is 0 Å². The Morgan fingerprint density at radius 3 is 2.95 bits per heavy atom. The number of aryl methyl sites for hydroxylation is 1. The van der Waals surface area contributed by atoms with E-state index in [4.69, 9.17) is 15.7 Å². The van der Waals surface area contributed by atoms with E-state index in [0.717, 1.165) is 11.3 Å². The van der Waals surface area contributed by atoms with Crippen LogP contribution in [-0.2, 0) is 4.79 Å². The van der Waals surface area contributed by atoms with Crippen molar-refractivity contribution in [3.8, 4) is 5.75 Å². The van der Waals surface area contributed by atoms with Crippen LogP contribution in [0.4, 0.5) is 0 Å². The first-order valence-corrected chi connectivity index (χ1v) is 6.54. The van der Waals surface area contributed by atoms with E-state index in [2.05, 4.69) is 10.5 Å².